The van der Waals surface area contributed by atoms with Crippen molar-refractivity contribution in [3.05, 3.63) is 71.8 Å². The zero-order chi connectivity index (χ0) is 13.2. The molecule has 2 nitrogen and oxygen atoms in total. The molecule has 0 saturated heterocycles. The molecule has 2 aromatic rings. The zero-order valence-electron chi connectivity index (χ0n) is 11.2. The van der Waals surface area contributed by atoms with Crippen LogP contribution < -0.4 is 5.73 Å². The smallest absolute Gasteiger partial charge is 0.0227 e. The van der Waals surface area contributed by atoms with Gasteiger partial charge in [-0.25, -0.2) is 0 Å². The van der Waals surface area contributed by atoms with Gasteiger partial charge in [-0.05, 0) is 25.2 Å². The lowest BCUT2D eigenvalue weighted by molar-refractivity contribution is 0.402. The van der Waals surface area contributed by atoms with Gasteiger partial charge in [0.15, 0.2) is 0 Å². The SMILES string of the molecule is CN(C)Cc1ccccc1.NCc1ccccc1. The summed E-state index contributed by atoms with van der Waals surface area (Å²) in [6.45, 7) is 1.67. The van der Waals surface area contributed by atoms with Gasteiger partial charge in [0, 0.05) is 13.1 Å². The van der Waals surface area contributed by atoms with Crippen LogP contribution in [0.1, 0.15) is 11.1 Å². The molecule has 0 aliphatic carbocycles. The van der Waals surface area contributed by atoms with Crippen molar-refractivity contribution in [3.63, 3.8) is 0 Å². The molecule has 2 rings (SSSR count). The van der Waals surface area contributed by atoms with Crippen LogP contribution in [0.2, 0.25) is 0 Å². The predicted octanol–water partition coefficient (Wildman–Crippen LogP) is 2.89. The van der Waals surface area contributed by atoms with Gasteiger partial charge in [-0.1, -0.05) is 60.7 Å². The Balaban J connectivity index is 0.000000184. The summed E-state index contributed by atoms with van der Waals surface area (Å²) in [5.41, 5.74) is 7.91. The third-order valence-corrected chi connectivity index (χ3v) is 2.42. The number of hydrogen-bond donors (Lipinski definition) is 1. The third-order valence-electron chi connectivity index (χ3n) is 2.42. The molecular weight excluding hydrogens is 220 g/mol. The zero-order valence-corrected chi connectivity index (χ0v) is 11.2. The van der Waals surface area contributed by atoms with Gasteiger partial charge < -0.3 is 10.6 Å². The van der Waals surface area contributed by atoms with E-state index in [4.69, 9.17) is 5.73 Å². The molecule has 0 aliphatic heterocycles. The monoisotopic (exact) mass is 242 g/mol. The van der Waals surface area contributed by atoms with Gasteiger partial charge in [-0.2, -0.15) is 0 Å². The van der Waals surface area contributed by atoms with Crippen LogP contribution in [-0.2, 0) is 13.1 Å². The van der Waals surface area contributed by atoms with Crippen molar-refractivity contribution in [1.82, 2.24) is 4.90 Å². The number of nitrogens with zero attached hydrogens (tertiary/aromatic N) is 1. The largest absolute Gasteiger partial charge is 0.326 e. The van der Waals surface area contributed by atoms with Crippen LogP contribution in [0.25, 0.3) is 0 Å². The molecule has 2 N–H and O–H groups in total. The molecule has 0 saturated carbocycles. The number of benzene rings is 2. The fraction of sp³-hybridized carbons (Fsp3) is 0.250. The van der Waals surface area contributed by atoms with Crippen molar-refractivity contribution < 1.29 is 0 Å². The highest BCUT2D eigenvalue weighted by Gasteiger charge is 1.90. The Hall–Kier alpha value is -1.64. The highest BCUT2D eigenvalue weighted by molar-refractivity contribution is 5.14. The summed E-state index contributed by atoms with van der Waals surface area (Å²) in [4.78, 5) is 2.16. The van der Waals surface area contributed by atoms with E-state index in [1.54, 1.807) is 0 Å². The normalized spacial score (nSPS) is 9.78. The van der Waals surface area contributed by atoms with Gasteiger partial charge in [0.05, 0.1) is 0 Å². The summed E-state index contributed by atoms with van der Waals surface area (Å²) in [5.74, 6) is 0. The van der Waals surface area contributed by atoms with E-state index in [9.17, 15) is 0 Å². The summed E-state index contributed by atoms with van der Waals surface area (Å²) in [7, 11) is 4.15. The van der Waals surface area contributed by atoms with Gasteiger partial charge in [0.2, 0.25) is 0 Å². The lowest BCUT2D eigenvalue weighted by Crippen LogP contribution is -2.10. The van der Waals surface area contributed by atoms with E-state index in [1.807, 2.05) is 36.4 Å². The molecule has 0 atom stereocenters. The maximum atomic E-state index is 5.35. The minimum Gasteiger partial charge on any atom is -0.326 e. The maximum absolute atomic E-state index is 5.35. The summed E-state index contributed by atoms with van der Waals surface area (Å²) in [6.07, 6.45) is 0. The van der Waals surface area contributed by atoms with E-state index in [0.717, 1.165) is 6.54 Å². The Labute approximate surface area is 110 Å². The Morgan fingerprint density at radius 1 is 0.778 bits per heavy atom. The lowest BCUT2D eigenvalue weighted by atomic mass is 10.2. The second kappa shape index (κ2) is 8.45. The fourth-order valence-electron chi connectivity index (χ4n) is 1.56. The van der Waals surface area contributed by atoms with Crippen molar-refractivity contribution in [2.75, 3.05) is 14.1 Å². The lowest BCUT2D eigenvalue weighted by Gasteiger charge is -2.08. The van der Waals surface area contributed by atoms with Gasteiger partial charge >= 0.3 is 0 Å². The van der Waals surface area contributed by atoms with Gasteiger partial charge in [0.25, 0.3) is 0 Å². The third kappa shape index (κ3) is 6.18. The number of hydrogen-bond acceptors (Lipinski definition) is 2. The molecule has 0 fully saturated rings. The van der Waals surface area contributed by atoms with Gasteiger partial charge in [-0.3, -0.25) is 0 Å². The van der Waals surface area contributed by atoms with Crippen molar-refractivity contribution in [2.45, 2.75) is 13.1 Å². The molecule has 0 aliphatic rings. The second-order valence-corrected chi connectivity index (χ2v) is 4.41. The maximum Gasteiger partial charge on any atom is 0.0227 e. The Kier molecular flexibility index (Phi) is 6.77. The fourth-order valence-corrected chi connectivity index (χ4v) is 1.56. The Morgan fingerprint density at radius 2 is 1.22 bits per heavy atom. The molecule has 0 unspecified atom stereocenters. The summed E-state index contributed by atoms with van der Waals surface area (Å²) in [5, 5.41) is 0. The molecule has 0 spiro atoms. The molecule has 96 valence electrons. The predicted molar refractivity (Wildman–Crippen MR) is 78.2 cm³/mol. The highest BCUT2D eigenvalue weighted by Crippen LogP contribution is 1.99. The van der Waals surface area contributed by atoms with Gasteiger partial charge in [0.1, 0.15) is 0 Å². The van der Waals surface area contributed by atoms with Crippen LogP contribution in [-0.4, -0.2) is 19.0 Å². The van der Waals surface area contributed by atoms with Crippen LogP contribution in [0.4, 0.5) is 0 Å². The van der Waals surface area contributed by atoms with E-state index in [1.165, 1.54) is 11.1 Å². The summed E-state index contributed by atoms with van der Waals surface area (Å²) in [6, 6.07) is 20.4. The number of nitrogens with two attached hydrogens (primary N) is 1. The highest BCUT2D eigenvalue weighted by atomic mass is 15.0. The van der Waals surface area contributed by atoms with Crippen LogP contribution in [0.3, 0.4) is 0 Å². The van der Waals surface area contributed by atoms with Crippen LogP contribution >= 0.6 is 0 Å². The second-order valence-electron chi connectivity index (χ2n) is 4.41. The Bertz CT molecular complexity index is 410. The molecule has 0 bridgehead atoms. The quantitative estimate of drug-likeness (QED) is 0.896. The summed E-state index contributed by atoms with van der Waals surface area (Å²) < 4.78 is 0. The van der Waals surface area contributed by atoms with E-state index < -0.39 is 0 Å². The molecule has 2 aromatic carbocycles. The molecular formula is C16H22N2. The average Bonchev–Trinajstić information content (AvgIpc) is 2.41. The molecule has 0 amide bonds. The van der Waals surface area contributed by atoms with Crippen molar-refractivity contribution in [1.29, 1.82) is 0 Å². The van der Waals surface area contributed by atoms with Crippen molar-refractivity contribution >= 4 is 0 Å². The van der Waals surface area contributed by atoms with Crippen molar-refractivity contribution in [2.24, 2.45) is 5.73 Å². The van der Waals surface area contributed by atoms with Crippen LogP contribution in [0.15, 0.2) is 60.7 Å². The molecule has 18 heavy (non-hydrogen) atoms. The topological polar surface area (TPSA) is 29.3 Å². The van der Waals surface area contributed by atoms with E-state index in [0.29, 0.717) is 6.54 Å². The first-order valence-corrected chi connectivity index (χ1v) is 6.15. The van der Waals surface area contributed by atoms with Gasteiger partial charge in [-0.15, -0.1) is 0 Å². The molecule has 0 radical (unpaired) electrons. The van der Waals surface area contributed by atoms with E-state index >= 15 is 0 Å². The number of rotatable bonds is 3. The van der Waals surface area contributed by atoms with E-state index in [2.05, 4.69) is 43.3 Å². The molecule has 0 aromatic heterocycles. The van der Waals surface area contributed by atoms with E-state index in [-0.39, 0.29) is 0 Å². The average molecular weight is 242 g/mol. The Morgan fingerprint density at radius 3 is 1.56 bits per heavy atom. The van der Waals surface area contributed by atoms with Crippen LogP contribution in [0, 0.1) is 0 Å². The first-order chi connectivity index (χ1) is 8.72. The first-order valence-electron chi connectivity index (χ1n) is 6.15. The van der Waals surface area contributed by atoms with Crippen molar-refractivity contribution in [3.8, 4) is 0 Å². The van der Waals surface area contributed by atoms with Crippen LogP contribution in [0.5, 0.6) is 0 Å². The minimum atomic E-state index is 0.640. The standard InChI is InChI=1S/C9H13N.C7H9N/c1-10(2)8-9-6-4-3-5-7-9;8-6-7-4-2-1-3-5-7/h3-7H,8H2,1-2H3;1-5H,6,8H2. The first kappa shape index (κ1) is 14.4. The minimum absolute atomic E-state index is 0.640. The molecule has 2 heteroatoms. The molecule has 0 heterocycles. The summed E-state index contributed by atoms with van der Waals surface area (Å²) >= 11 is 0.